The topological polar surface area (TPSA) is 102 Å². The zero-order valence-electron chi connectivity index (χ0n) is 14.5. The van der Waals surface area contributed by atoms with Crippen molar-refractivity contribution in [3.8, 4) is 11.4 Å². The molecule has 3 rings (SSSR count). The fourth-order valence-corrected chi connectivity index (χ4v) is 3.47. The van der Waals surface area contributed by atoms with Crippen LogP contribution in [-0.4, -0.2) is 34.5 Å². The quantitative estimate of drug-likeness (QED) is 0.660. The predicted octanol–water partition coefficient (Wildman–Crippen LogP) is 2.31. The van der Waals surface area contributed by atoms with E-state index in [1.165, 1.54) is 0 Å². The molecule has 26 heavy (non-hydrogen) atoms. The maximum atomic E-state index is 12.1. The highest BCUT2D eigenvalue weighted by molar-refractivity contribution is 7.89. The van der Waals surface area contributed by atoms with Crippen molar-refractivity contribution in [2.75, 3.05) is 11.9 Å². The van der Waals surface area contributed by atoms with Gasteiger partial charge in [-0.05, 0) is 36.8 Å². The van der Waals surface area contributed by atoms with E-state index in [2.05, 4.69) is 25.0 Å². The molecule has 2 N–H and O–H groups in total. The number of hydrogen-bond acceptors (Lipinski definition) is 6. The summed E-state index contributed by atoms with van der Waals surface area (Å²) in [6.45, 7) is 2.33. The summed E-state index contributed by atoms with van der Waals surface area (Å²) in [5, 5.41) is 3.08. The SMILES string of the molecule is CCCNS(=O)(=O)c1ccc(Nc2nccc(-c3cncn3C)n2)cc1. The highest BCUT2D eigenvalue weighted by Gasteiger charge is 2.13. The second-order valence-electron chi connectivity index (χ2n) is 5.70. The van der Waals surface area contributed by atoms with Crippen LogP contribution in [0.3, 0.4) is 0 Å². The van der Waals surface area contributed by atoms with E-state index >= 15 is 0 Å². The van der Waals surface area contributed by atoms with Crippen molar-refractivity contribution < 1.29 is 8.42 Å². The molecule has 2 aromatic heterocycles. The Kier molecular flexibility index (Phi) is 5.29. The number of sulfonamides is 1. The van der Waals surface area contributed by atoms with Crippen molar-refractivity contribution in [1.82, 2.24) is 24.2 Å². The van der Waals surface area contributed by atoms with E-state index < -0.39 is 10.0 Å². The molecule has 0 aliphatic heterocycles. The van der Waals surface area contributed by atoms with E-state index in [-0.39, 0.29) is 4.90 Å². The van der Waals surface area contributed by atoms with Gasteiger partial charge in [0.25, 0.3) is 0 Å². The molecule has 0 radical (unpaired) electrons. The van der Waals surface area contributed by atoms with Crippen molar-refractivity contribution in [2.45, 2.75) is 18.2 Å². The van der Waals surface area contributed by atoms with E-state index in [1.54, 1.807) is 49.1 Å². The smallest absolute Gasteiger partial charge is 0.240 e. The van der Waals surface area contributed by atoms with Crippen molar-refractivity contribution in [3.63, 3.8) is 0 Å². The molecule has 0 aliphatic carbocycles. The van der Waals surface area contributed by atoms with Gasteiger partial charge in [-0.15, -0.1) is 0 Å². The molecule has 0 aliphatic rings. The number of imidazole rings is 1. The van der Waals surface area contributed by atoms with Gasteiger partial charge in [0.1, 0.15) is 0 Å². The second kappa shape index (κ2) is 7.63. The van der Waals surface area contributed by atoms with E-state index in [0.29, 0.717) is 18.2 Å². The van der Waals surface area contributed by atoms with Crippen LogP contribution in [0.1, 0.15) is 13.3 Å². The van der Waals surface area contributed by atoms with E-state index in [4.69, 9.17) is 0 Å². The number of nitrogens with zero attached hydrogens (tertiary/aromatic N) is 4. The lowest BCUT2D eigenvalue weighted by molar-refractivity contribution is 0.581. The van der Waals surface area contributed by atoms with Crippen molar-refractivity contribution in [1.29, 1.82) is 0 Å². The standard InChI is InChI=1S/C17H20N6O2S/c1-3-9-20-26(24,25)14-6-4-13(5-7-14)21-17-19-10-8-15(22-17)16-11-18-12-23(16)2/h4-8,10-12,20H,3,9H2,1-2H3,(H,19,21,22). The molecule has 136 valence electrons. The third-order valence-electron chi connectivity index (χ3n) is 3.70. The molecular formula is C17H20N6O2S. The average Bonchev–Trinajstić information content (AvgIpc) is 3.07. The Morgan fingerprint density at radius 3 is 2.58 bits per heavy atom. The summed E-state index contributed by atoms with van der Waals surface area (Å²) in [4.78, 5) is 13.0. The first-order chi connectivity index (χ1) is 12.5. The third-order valence-corrected chi connectivity index (χ3v) is 5.17. The van der Waals surface area contributed by atoms with Crippen LogP contribution in [0.15, 0.2) is 53.9 Å². The summed E-state index contributed by atoms with van der Waals surface area (Å²) in [6, 6.07) is 8.26. The maximum Gasteiger partial charge on any atom is 0.240 e. The highest BCUT2D eigenvalue weighted by atomic mass is 32.2. The van der Waals surface area contributed by atoms with Crippen LogP contribution in [0.25, 0.3) is 11.4 Å². The Morgan fingerprint density at radius 1 is 1.15 bits per heavy atom. The summed E-state index contributed by atoms with van der Waals surface area (Å²) in [5.41, 5.74) is 2.31. The molecule has 0 atom stereocenters. The molecule has 2 heterocycles. The van der Waals surface area contributed by atoms with E-state index in [1.807, 2.05) is 18.5 Å². The van der Waals surface area contributed by atoms with E-state index in [0.717, 1.165) is 17.8 Å². The lowest BCUT2D eigenvalue weighted by atomic mass is 10.3. The van der Waals surface area contributed by atoms with Crippen LogP contribution >= 0.6 is 0 Å². The first kappa shape index (κ1) is 18.0. The minimum Gasteiger partial charge on any atom is -0.332 e. The van der Waals surface area contributed by atoms with Gasteiger partial charge in [0.15, 0.2) is 0 Å². The molecule has 0 unspecified atom stereocenters. The second-order valence-corrected chi connectivity index (χ2v) is 7.47. The van der Waals surface area contributed by atoms with Gasteiger partial charge in [-0.25, -0.2) is 28.1 Å². The minimum atomic E-state index is -3.47. The minimum absolute atomic E-state index is 0.223. The van der Waals surface area contributed by atoms with Gasteiger partial charge in [-0.3, -0.25) is 0 Å². The molecule has 8 nitrogen and oxygen atoms in total. The van der Waals surface area contributed by atoms with Gasteiger partial charge in [0, 0.05) is 25.5 Å². The van der Waals surface area contributed by atoms with Crippen LogP contribution in [-0.2, 0) is 17.1 Å². The van der Waals surface area contributed by atoms with Crippen LogP contribution in [0.4, 0.5) is 11.6 Å². The molecule has 3 aromatic rings. The van der Waals surface area contributed by atoms with Crippen molar-refractivity contribution in [3.05, 3.63) is 49.1 Å². The van der Waals surface area contributed by atoms with Crippen molar-refractivity contribution >= 4 is 21.7 Å². The van der Waals surface area contributed by atoms with Crippen LogP contribution in [0, 0.1) is 0 Å². The molecule has 0 saturated carbocycles. The van der Waals surface area contributed by atoms with Crippen molar-refractivity contribution in [2.24, 2.45) is 7.05 Å². The zero-order chi connectivity index (χ0) is 18.6. The zero-order valence-corrected chi connectivity index (χ0v) is 15.4. The Hall–Kier alpha value is -2.78. The summed E-state index contributed by atoms with van der Waals surface area (Å²) < 4.78 is 28.6. The molecule has 0 bridgehead atoms. The molecule has 0 saturated heterocycles. The number of benzene rings is 1. The van der Waals surface area contributed by atoms with Gasteiger partial charge in [-0.2, -0.15) is 0 Å². The summed E-state index contributed by atoms with van der Waals surface area (Å²) in [7, 11) is -1.58. The van der Waals surface area contributed by atoms with Gasteiger partial charge in [0.05, 0.1) is 28.8 Å². The summed E-state index contributed by atoms with van der Waals surface area (Å²) in [6.07, 6.45) is 5.83. The van der Waals surface area contributed by atoms with Crippen LogP contribution < -0.4 is 10.0 Å². The van der Waals surface area contributed by atoms with Crippen LogP contribution in [0.2, 0.25) is 0 Å². The molecular weight excluding hydrogens is 352 g/mol. The Balaban J connectivity index is 1.77. The summed E-state index contributed by atoms with van der Waals surface area (Å²) in [5.74, 6) is 0.420. The fourth-order valence-electron chi connectivity index (χ4n) is 2.33. The number of aromatic nitrogens is 4. The van der Waals surface area contributed by atoms with Gasteiger partial charge >= 0.3 is 0 Å². The summed E-state index contributed by atoms with van der Waals surface area (Å²) >= 11 is 0. The molecule has 9 heteroatoms. The van der Waals surface area contributed by atoms with Gasteiger partial charge < -0.3 is 9.88 Å². The number of hydrogen-bond donors (Lipinski definition) is 2. The van der Waals surface area contributed by atoms with Crippen LogP contribution in [0.5, 0.6) is 0 Å². The number of rotatable bonds is 7. The Bertz CT molecular complexity index is 982. The predicted molar refractivity (Wildman–Crippen MR) is 99.4 cm³/mol. The molecule has 0 spiro atoms. The lowest BCUT2D eigenvalue weighted by Gasteiger charge is -2.09. The first-order valence-electron chi connectivity index (χ1n) is 8.16. The average molecular weight is 372 g/mol. The molecule has 0 amide bonds. The monoisotopic (exact) mass is 372 g/mol. The highest BCUT2D eigenvalue weighted by Crippen LogP contribution is 2.20. The van der Waals surface area contributed by atoms with Gasteiger partial charge in [0.2, 0.25) is 16.0 Å². The lowest BCUT2D eigenvalue weighted by Crippen LogP contribution is -2.24. The van der Waals surface area contributed by atoms with E-state index in [9.17, 15) is 8.42 Å². The maximum absolute atomic E-state index is 12.1. The Morgan fingerprint density at radius 2 is 1.92 bits per heavy atom. The van der Waals surface area contributed by atoms with Gasteiger partial charge in [-0.1, -0.05) is 6.92 Å². The largest absolute Gasteiger partial charge is 0.332 e. The normalized spacial score (nSPS) is 11.5. The fraction of sp³-hybridized carbons (Fsp3) is 0.235. The number of aryl methyl sites for hydroxylation is 1. The third kappa shape index (κ3) is 4.06. The first-order valence-corrected chi connectivity index (χ1v) is 9.64. The molecule has 1 aromatic carbocycles. The molecule has 0 fully saturated rings. The number of anilines is 2. The number of nitrogens with one attached hydrogen (secondary N) is 2. The Labute approximate surface area is 152 Å².